The first-order chi connectivity index (χ1) is 15.7. The number of ether oxygens (including phenoxy) is 1. The van der Waals surface area contributed by atoms with E-state index in [1.165, 1.54) is 12.1 Å². The number of alkyl halides is 3. The lowest BCUT2D eigenvalue weighted by Crippen LogP contribution is -2.14. The molecule has 168 valence electrons. The Hall–Kier alpha value is -3.87. The van der Waals surface area contributed by atoms with Crippen LogP contribution in [0.4, 0.5) is 18.9 Å². The van der Waals surface area contributed by atoms with Crippen LogP contribution in [0.15, 0.2) is 66.7 Å². The van der Waals surface area contributed by atoms with Crippen LogP contribution < -0.4 is 10.1 Å². The maximum Gasteiger partial charge on any atom is 0.416 e. The number of methoxy groups -OCH3 is 1. The van der Waals surface area contributed by atoms with Crippen molar-refractivity contribution < 1.29 is 22.7 Å². The molecule has 0 aliphatic heterocycles. The SMILES string of the molecule is COc1cccc(-c2cc(C(=O)Nc3cccc(C(F)(F)F)c3)c3cc(C)cc(C)c3n2)c1. The number of hydrogen-bond donors (Lipinski definition) is 1. The smallest absolute Gasteiger partial charge is 0.416 e. The number of aromatic nitrogens is 1. The molecule has 7 heteroatoms. The van der Waals surface area contributed by atoms with E-state index in [0.717, 1.165) is 28.8 Å². The minimum atomic E-state index is -4.50. The molecular formula is C26H21F3N2O2. The van der Waals surface area contributed by atoms with Gasteiger partial charge in [0, 0.05) is 16.6 Å². The van der Waals surface area contributed by atoms with Crippen molar-refractivity contribution in [2.75, 3.05) is 12.4 Å². The second-order valence-corrected chi connectivity index (χ2v) is 7.80. The molecule has 0 aliphatic rings. The first-order valence-corrected chi connectivity index (χ1v) is 10.2. The number of halogens is 3. The summed E-state index contributed by atoms with van der Waals surface area (Å²) in [7, 11) is 1.56. The van der Waals surface area contributed by atoms with Gasteiger partial charge in [0.05, 0.1) is 29.4 Å². The molecule has 0 saturated heterocycles. The summed E-state index contributed by atoms with van der Waals surface area (Å²) < 4.78 is 44.6. The van der Waals surface area contributed by atoms with Crippen molar-refractivity contribution in [1.82, 2.24) is 4.98 Å². The average molecular weight is 450 g/mol. The Morgan fingerprint density at radius 2 is 1.73 bits per heavy atom. The predicted molar refractivity (Wildman–Crippen MR) is 123 cm³/mol. The molecule has 1 heterocycles. The van der Waals surface area contributed by atoms with Crippen molar-refractivity contribution in [3.8, 4) is 17.0 Å². The van der Waals surface area contributed by atoms with Gasteiger partial charge in [-0.05, 0) is 61.9 Å². The number of benzene rings is 3. The van der Waals surface area contributed by atoms with E-state index in [2.05, 4.69) is 5.32 Å². The quantitative estimate of drug-likeness (QED) is 0.372. The summed E-state index contributed by atoms with van der Waals surface area (Å²) in [4.78, 5) is 18.0. The molecule has 4 rings (SSSR count). The maximum atomic E-state index is 13.3. The molecule has 0 aliphatic carbocycles. The van der Waals surface area contributed by atoms with Gasteiger partial charge in [-0.3, -0.25) is 4.79 Å². The topological polar surface area (TPSA) is 51.2 Å². The maximum absolute atomic E-state index is 13.3. The van der Waals surface area contributed by atoms with E-state index in [4.69, 9.17) is 9.72 Å². The zero-order valence-corrected chi connectivity index (χ0v) is 18.2. The summed E-state index contributed by atoms with van der Waals surface area (Å²) in [5.74, 6) is 0.126. The lowest BCUT2D eigenvalue weighted by Gasteiger charge is -2.14. The van der Waals surface area contributed by atoms with Gasteiger partial charge < -0.3 is 10.1 Å². The molecule has 4 nitrogen and oxygen atoms in total. The van der Waals surface area contributed by atoms with Gasteiger partial charge in [0.1, 0.15) is 5.75 Å². The number of anilines is 1. The summed E-state index contributed by atoms with van der Waals surface area (Å²) >= 11 is 0. The van der Waals surface area contributed by atoms with Crippen LogP contribution in [0.2, 0.25) is 0 Å². The van der Waals surface area contributed by atoms with E-state index in [0.29, 0.717) is 27.9 Å². The molecule has 33 heavy (non-hydrogen) atoms. The molecule has 4 aromatic rings. The first-order valence-electron chi connectivity index (χ1n) is 10.2. The third-order valence-electron chi connectivity index (χ3n) is 5.31. The number of carbonyl (C=O) groups is 1. The number of aryl methyl sites for hydroxylation is 2. The highest BCUT2D eigenvalue weighted by Crippen LogP contribution is 2.32. The number of hydrogen-bond acceptors (Lipinski definition) is 3. The highest BCUT2D eigenvalue weighted by molar-refractivity contribution is 6.13. The minimum Gasteiger partial charge on any atom is -0.497 e. The molecule has 0 atom stereocenters. The van der Waals surface area contributed by atoms with Crippen molar-refractivity contribution in [3.63, 3.8) is 0 Å². The molecule has 0 bridgehead atoms. The van der Waals surface area contributed by atoms with Gasteiger partial charge in [-0.1, -0.05) is 29.8 Å². The third kappa shape index (κ3) is 4.67. The zero-order chi connectivity index (χ0) is 23.8. The Labute approximate surface area is 189 Å². The molecule has 0 radical (unpaired) electrons. The van der Waals surface area contributed by atoms with Crippen molar-refractivity contribution in [3.05, 3.63) is 89.0 Å². The van der Waals surface area contributed by atoms with Crippen LogP contribution in [-0.4, -0.2) is 18.0 Å². The fourth-order valence-corrected chi connectivity index (χ4v) is 3.77. The molecule has 1 N–H and O–H groups in total. The van der Waals surface area contributed by atoms with Crippen LogP contribution in [0.5, 0.6) is 5.75 Å². The van der Waals surface area contributed by atoms with Crippen molar-refractivity contribution in [2.45, 2.75) is 20.0 Å². The second-order valence-electron chi connectivity index (χ2n) is 7.80. The Bertz CT molecular complexity index is 1360. The van der Waals surface area contributed by atoms with E-state index in [1.54, 1.807) is 19.2 Å². The fourth-order valence-electron chi connectivity index (χ4n) is 3.77. The van der Waals surface area contributed by atoms with E-state index in [1.807, 2.05) is 44.2 Å². The van der Waals surface area contributed by atoms with E-state index in [9.17, 15) is 18.0 Å². The number of amides is 1. The molecule has 0 saturated carbocycles. The van der Waals surface area contributed by atoms with Crippen molar-refractivity contribution in [2.24, 2.45) is 0 Å². The summed E-state index contributed by atoms with van der Waals surface area (Å²) in [6.45, 7) is 3.82. The standard InChI is InChI=1S/C26H21F3N2O2/c1-15-10-16(2)24-21(11-15)22(14-23(31-24)17-6-4-9-20(12-17)33-3)25(32)30-19-8-5-7-18(13-19)26(27,28)29/h4-14H,1-3H3,(H,30,32). The Kier molecular flexibility index (Phi) is 5.80. The zero-order valence-electron chi connectivity index (χ0n) is 18.2. The lowest BCUT2D eigenvalue weighted by molar-refractivity contribution is -0.137. The van der Waals surface area contributed by atoms with Gasteiger partial charge in [-0.2, -0.15) is 13.2 Å². The van der Waals surface area contributed by atoms with Crippen LogP contribution in [0.25, 0.3) is 22.2 Å². The molecule has 0 fully saturated rings. The van der Waals surface area contributed by atoms with Crippen LogP contribution >= 0.6 is 0 Å². The van der Waals surface area contributed by atoms with Crippen LogP contribution in [0.3, 0.4) is 0 Å². The molecule has 0 spiro atoms. The highest BCUT2D eigenvalue weighted by atomic mass is 19.4. The number of nitrogens with zero attached hydrogens (tertiary/aromatic N) is 1. The highest BCUT2D eigenvalue weighted by Gasteiger charge is 2.30. The summed E-state index contributed by atoms with van der Waals surface area (Å²) in [6, 6.07) is 17.3. The van der Waals surface area contributed by atoms with E-state index < -0.39 is 17.6 Å². The number of pyridine rings is 1. The largest absolute Gasteiger partial charge is 0.497 e. The van der Waals surface area contributed by atoms with Gasteiger partial charge in [0.15, 0.2) is 0 Å². The van der Waals surface area contributed by atoms with E-state index in [-0.39, 0.29) is 5.69 Å². The number of rotatable bonds is 4. The first kappa shape index (κ1) is 22.3. The number of nitrogens with one attached hydrogen (secondary N) is 1. The Morgan fingerprint density at radius 3 is 2.45 bits per heavy atom. The second kappa shape index (κ2) is 8.58. The molecule has 1 amide bonds. The van der Waals surface area contributed by atoms with Crippen LogP contribution in [-0.2, 0) is 6.18 Å². The molecule has 1 aromatic heterocycles. The number of fused-ring (bicyclic) bond motifs is 1. The Morgan fingerprint density at radius 1 is 0.970 bits per heavy atom. The molecule has 0 unspecified atom stereocenters. The van der Waals surface area contributed by atoms with Gasteiger partial charge in [0.2, 0.25) is 0 Å². The molecular weight excluding hydrogens is 429 g/mol. The summed E-state index contributed by atoms with van der Waals surface area (Å²) in [5.41, 5.74) is 3.35. The van der Waals surface area contributed by atoms with Gasteiger partial charge in [-0.25, -0.2) is 4.98 Å². The average Bonchev–Trinajstić information content (AvgIpc) is 2.78. The Balaban J connectivity index is 1.84. The van der Waals surface area contributed by atoms with Crippen LogP contribution in [0, 0.1) is 13.8 Å². The minimum absolute atomic E-state index is 0.0621. The number of carbonyl (C=O) groups excluding carboxylic acids is 1. The van der Waals surface area contributed by atoms with Crippen molar-refractivity contribution >= 4 is 22.5 Å². The van der Waals surface area contributed by atoms with E-state index >= 15 is 0 Å². The monoisotopic (exact) mass is 450 g/mol. The summed E-state index contributed by atoms with van der Waals surface area (Å²) in [6.07, 6.45) is -4.50. The lowest BCUT2D eigenvalue weighted by atomic mass is 9.99. The van der Waals surface area contributed by atoms with Gasteiger partial charge >= 0.3 is 6.18 Å². The van der Waals surface area contributed by atoms with Crippen LogP contribution in [0.1, 0.15) is 27.0 Å². The van der Waals surface area contributed by atoms with Crippen molar-refractivity contribution in [1.29, 1.82) is 0 Å². The predicted octanol–water partition coefficient (Wildman–Crippen LogP) is 6.80. The summed E-state index contributed by atoms with van der Waals surface area (Å²) in [5, 5.41) is 3.24. The van der Waals surface area contributed by atoms with Gasteiger partial charge in [0.25, 0.3) is 5.91 Å². The van der Waals surface area contributed by atoms with Gasteiger partial charge in [-0.15, -0.1) is 0 Å². The fraction of sp³-hybridized carbons (Fsp3) is 0.154. The molecule has 3 aromatic carbocycles. The third-order valence-corrected chi connectivity index (χ3v) is 5.31. The normalized spacial score (nSPS) is 11.5.